The van der Waals surface area contributed by atoms with Crippen molar-refractivity contribution >= 4 is 0 Å². The molecule has 0 aromatic heterocycles. The van der Waals surface area contributed by atoms with E-state index in [2.05, 4.69) is 25.7 Å². The van der Waals surface area contributed by atoms with Gasteiger partial charge in [-0.25, -0.2) is 0 Å². The van der Waals surface area contributed by atoms with E-state index in [9.17, 15) is 0 Å². The van der Waals surface area contributed by atoms with Crippen molar-refractivity contribution in [3.8, 4) is 0 Å². The largest absolute Gasteiger partial charge is 0.303 e. The van der Waals surface area contributed by atoms with Gasteiger partial charge in [0.2, 0.25) is 0 Å². The third-order valence-electron chi connectivity index (χ3n) is 10.2. The molecule has 1 heteroatoms. The lowest BCUT2D eigenvalue weighted by molar-refractivity contribution is 0.254. The van der Waals surface area contributed by atoms with Gasteiger partial charge in [0.05, 0.1) is 0 Å². The molecule has 0 amide bonds. The van der Waals surface area contributed by atoms with E-state index in [0.29, 0.717) is 0 Å². The van der Waals surface area contributed by atoms with Gasteiger partial charge in [0.1, 0.15) is 0 Å². The molecule has 0 saturated heterocycles. The van der Waals surface area contributed by atoms with E-state index < -0.39 is 0 Å². The first-order valence-electron chi connectivity index (χ1n) is 21.6. The molecule has 0 aromatic carbocycles. The van der Waals surface area contributed by atoms with Crippen molar-refractivity contribution in [3.63, 3.8) is 0 Å². The number of hydrogen-bond donors (Lipinski definition) is 0. The zero-order chi connectivity index (χ0) is 31.9. The molecule has 0 aliphatic carbocycles. The molecule has 0 bridgehead atoms. The summed E-state index contributed by atoms with van der Waals surface area (Å²) in [5.74, 6) is 0. The Morgan fingerprint density at radius 2 is 0.318 bits per heavy atom. The molecule has 266 valence electrons. The molecule has 44 heavy (non-hydrogen) atoms. The highest BCUT2D eigenvalue weighted by Crippen LogP contribution is 2.16. The average Bonchev–Trinajstić information content (AvgIpc) is 3.03. The van der Waals surface area contributed by atoms with Crippen molar-refractivity contribution in [2.45, 2.75) is 258 Å². The molecule has 0 heterocycles. The molecule has 0 aliphatic heterocycles. The molecule has 0 unspecified atom stereocenters. The second-order valence-corrected chi connectivity index (χ2v) is 14.9. The van der Waals surface area contributed by atoms with Crippen molar-refractivity contribution < 1.29 is 0 Å². The molecule has 0 aromatic rings. The molecular weight excluding hydrogens is 530 g/mol. The molecule has 0 N–H and O–H groups in total. The van der Waals surface area contributed by atoms with E-state index in [1.807, 2.05) is 0 Å². The SMILES string of the molecule is CCCCCCCCCCCCCCCN(CCCCCCCCCCCCC)CCCCCCCCCCCCCCC. The van der Waals surface area contributed by atoms with Crippen LogP contribution in [0.1, 0.15) is 258 Å². The van der Waals surface area contributed by atoms with Gasteiger partial charge in [0, 0.05) is 0 Å². The van der Waals surface area contributed by atoms with Crippen LogP contribution in [0, 0.1) is 0 Å². The lowest BCUT2D eigenvalue weighted by Crippen LogP contribution is -2.27. The minimum Gasteiger partial charge on any atom is -0.303 e. The van der Waals surface area contributed by atoms with Gasteiger partial charge in [-0.3, -0.25) is 0 Å². The van der Waals surface area contributed by atoms with Gasteiger partial charge in [0.15, 0.2) is 0 Å². The fraction of sp³-hybridized carbons (Fsp3) is 1.00. The summed E-state index contributed by atoms with van der Waals surface area (Å²) >= 11 is 0. The van der Waals surface area contributed by atoms with Gasteiger partial charge in [0.25, 0.3) is 0 Å². The summed E-state index contributed by atoms with van der Waals surface area (Å²) in [5.41, 5.74) is 0. The molecule has 0 aliphatic rings. The van der Waals surface area contributed by atoms with Crippen molar-refractivity contribution in [1.82, 2.24) is 4.90 Å². The quantitative estimate of drug-likeness (QED) is 0.0617. The number of unbranched alkanes of at least 4 members (excludes halogenated alkanes) is 34. The Morgan fingerprint density at radius 1 is 0.182 bits per heavy atom. The van der Waals surface area contributed by atoms with Crippen LogP contribution in [0.3, 0.4) is 0 Å². The van der Waals surface area contributed by atoms with Crippen LogP contribution >= 0.6 is 0 Å². The zero-order valence-electron chi connectivity index (χ0n) is 31.7. The standard InChI is InChI=1S/C43H89N/c1-4-7-10-13-16-19-22-24-27-30-33-36-39-42-44(41-38-35-32-29-26-21-18-15-12-9-6-3)43-40-37-34-31-28-25-23-20-17-14-11-8-5-2/h4-43H2,1-3H3. The minimum atomic E-state index is 1.37. The van der Waals surface area contributed by atoms with Gasteiger partial charge in [-0.05, 0) is 38.9 Å². The summed E-state index contributed by atoms with van der Waals surface area (Å²) in [6, 6.07) is 0. The van der Waals surface area contributed by atoms with E-state index in [1.165, 1.54) is 257 Å². The van der Waals surface area contributed by atoms with Crippen LogP contribution < -0.4 is 0 Å². The van der Waals surface area contributed by atoms with Crippen molar-refractivity contribution in [2.75, 3.05) is 19.6 Å². The molecule has 0 radical (unpaired) electrons. The minimum absolute atomic E-state index is 1.37. The zero-order valence-corrected chi connectivity index (χ0v) is 31.7. The van der Waals surface area contributed by atoms with Gasteiger partial charge in [-0.1, -0.05) is 239 Å². The number of hydrogen-bond acceptors (Lipinski definition) is 1. The summed E-state index contributed by atoms with van der Waals surface area (Å²) in [6.07, 6.45) is 54.1. The van der Waals surface area contributed by atoms with Crippen LogP contribution in [-0.2, 0) is 0 Å². The molecule has 0 rings (SSSR count). The Hall–Kier alpha value is -0.0400. The molecule has 0 fully saturated rings. The van der Waals surface area contributed by atoms with Crippen molar-refractivity contribution in [3.05, 3.63) is 0 Å². The van der Waals surface area contributed by atoms with Crippen molar-refractivity contribution in [2.24, 2.45) is 0 Å². The fourth-order valence-corrected chi connectivity index (χ4v) is 7.04. The molecule has 0 spiro atoms. The Bertz CT molecular complexity index is 444. The van der Waals surface area contributed by atoms with E-state index in [4.69, 9.17) is 0 Å². The lowest BCUT2D eigenvalue weighted by atomic mass is 10.0. The summed E-state index contributed by atoms with van der Waals surface area (Å²) < 4.78 is 0. The Balaban J connectivity index is 3.90. The van der Waals surface area contributed by atoms with Crippen LogP contribution in [-0.4, -0.2) is 24.5 Å². The second kappa shape index (κ2) is 41.0. The molecular formula is C43H89N. The monoisotopic (exact) mass is 620 g/mol. The number of nitrogens with zero attached hydrogens (tertiary/aromatic N) is 1. The van der Waals surface area contributed by atoms with Crippen LogP contribution in [0.5, 0.6) is 0 Å². The van der Waals surface area contributed by atoms with Crippen molar-refractivity contribution in [1.29, 1.82) is 0 Å². The smallest absolute Gasteiger partial charge is 0.00187 e. The highest BCUT2D eigenvalue weighted by Gasteiger charge is 2.05. The third-order valence-corrected chi connectivity index (χ3v) is 10.2. The van der Waals surface area contributed by atoms with Crippen LogP contribution in [0.2, 0.25) is 0 Å². The summed E-state index contributed by atoms with van der Waals surface area (Å²) in [7, 11) is 0. The maximum Gasteiger partial charge on any atom is -0.00187 e. The average molecular weight is 620 g/mol. The van der Waals surface area contributed by atoms with E-state index in [1.54, 1.807) is 0 Å². The molecule has 0 atom stereocenters. The van der Waals surface area contributed by atoms with E-state index >= 15 is 0 Å². The fourth-order valence-electron chi connectivity index (χ4n) is 7.04. The first-order valence-corrected chi connectivity index (χ1v) is 21.6. The van der Waals surface area contributed by atoms with E-state index in [0.717, 1.165) is 0 Å². The van der Waals surface area contributed by atoms with Crippen LogP contribution in [0.4, 0.5) is 0 Å². The predicted molar refractivity (Wildman–Crippen MR) is 204 cm³/mol. The maximum absolute atomic E-state index is 2.87. The molecule has 1 nitrogen and oxygen atoms in total. The Morgan fingerprint density at radius 3 is 0.477 bits per heavy atom. The first-order chi connectivity index (χ1) is 21.8. The summed E-state index contributed by atoms with van der Waals surface area (Å²) in [4.78, 5) is 2.87. The van der Waals surface area contributed by atoms with Gasteiger partial charge in [-0.2, -0.15) is 0 Å². The highest BCUT2D eigenvalue weighted by atomic mass is 15.1. The molecule has 0 saturated carbocycles. The Labute approximate surface area is 282 Å². The van der Waals surface area contributed by atoms with Gasteiger partial charge < -0.3 is 4.90 Å². The van der Waals surface area contributed by atoms with Crippen LogP contribution in [0.25, 0.3) is 0 Å². The predicted octanol–water partition coefficient (Wildman–Crippen LogP) is 15.8. The van der Waals surface area contributed by atoms with E-state index in [-0.39, 0.29) is 0 Å². The lowest BCUT2D eigenvalue weighted by Gasteiger charge is -2.22. The Kier molecular flexibility index (Phi) is 40.9. The normalized spacial score (nSPS) is 11.7. The third kappa shape index (κ3) is 38.1. The van der Waals surface area contributed by atoms with Gasteiger partial charge in [-0.15, -0.1) is 0 Å². The summed E-state index contributed by atoms with van der Waals surface area (Å²) in [6.45, 7) is 11.1. The van der Waals surface area contributed by atoms with Crippen LogP contribution in [0.15, 0.2) is 0 Å². The first kappa shape index (κ1) is 44.0. The summed E-state index contributed by atoms with van der Waals surface area (Å²) in [5, 5.41) is 0. The number of rotatable bonds is 40. The maximum atomic E-state index is 2.87. The topological polar surface area (TPSA) is 3.24 Å². The van der Waals surface area contributed by atoms with Gasteiger partial charge >= 0.3 is 0 Å². The second-order valence-electron chi connectivity index (χ2n) is 14.9. The highest BCUT2D eigenvalue weighted by molar-refractivity contribution is 4.61.